The molecule has 2 aromatic carbocycles. The molecule has 0 saturated carbocycles. The average molecular weight is 494 g/mol. The van der Waals surface area contributed by atoms with E-state index in [0.717, 1.165) is 18.7 Å². The standard InChI is InChI=1S/C28H35N3O5/c1-20(22-5-9-25(33)10-6-22)28(35)31-16-14-29-13-15-30(18-24(29)19-31)27(34)4-3-17-36-26-11-7-23(8-12-26)21(2)32/h5-12,20,24,33H,3-4,13-19H2,1-2H3. The van der Waals surface area contributed by atoms with E-state index >= 15 is 0 Å². The molecular formula is C28H35N3O5. The van der Waals surface area contributed by atoms with Crippen LogP contribution in [0.4, 0.5) is 0 Å². The fourth-order valence-corrected chi connectivity index (χ4v) is 4.92. The van der Waals surface area contributed by atoms with Crippen molar-refractivity contribution in [2.24, 2.45) is 0 Å². The highest BCUT2D eigenvalue weighted by Gasteiger charge is 2.36. The van der Waals surface area contributed by atoms with Crippen molar-refractivity contribution >= 4 is 17.6 Å². The molecule has 2 atom stereocenters. The second-order valence-electron chi connectivity index (χ2n) is 9.66. The number of rotatable bonds is 8. The maximum absolute atomic E-state index is 13.2. The number of hydrogen-bond acceptors (Lipinski definition) is 6. The molecule has 1 N–H and O–H groups in total. The van der Waals surface area contributed by atoms with Gasteiger partial charge >= 0.3 is 0 Å². The minimum atomic E-state index is -0.280. The van der Waals surface area contributed by atoms with E-state index in [1.54, 1.807) is 48.5 Å². The van der Waals surface area contributed by atoms with E-state index < -0.39 is 0 Å². The molecule has 36 heavy (non-hydrogen) atoms. The van der Waals surface area contributed by atoms with E-state index in [1.165, 1.54) is 6.92 Å². The maximum Gasteiger partial charge on any atom is 0.229 e. The molecule has 0 spiro atoms. The molecular weight excluding hydrogens is 458 g/mol. The summed E-state index contributed by atoms with van der Waals surface area (Å²) in [7, 11) is 0. The smallest absolute Gasteiger partial charge is 0.229 e. The van der Waals surface area contributed by atoms with Crippen LogP contribution in [-0.4, -0.2) is 89.3 Å². The Morgan fingerprint density at radius 3 is 2.25 bits per heavy atom. The van der Waals surface area contributed by atoms with Gasteiger partial charge in [-0.15, -0.1) is 0 Å². The predicted octanol–water partition coefficient (Wildman–Crippen LogP) is 2.91. The third kappa shape index (κ3) is 6.23. The van der Waals surface area contributed by atoms with Crippen molar-refractivity contribution in [3.05, 3.63) is 59.7 Å². The molecule has 0 radical (unpaired) electrons. The molecule has 0 aliphatic carbocycles. The number of ketones is 1. The molecule has 8 heteroatoms. The third-order valence-corrected chi connectivity index (χ3v) is 7.19. The Bertz CT molecular complexity index is 1070. The van der Waals surface area contributed by atoms with Gasteiger partial charge in [0.05, 0.1) is 12.5 Å². The molecule has 192 valence electrons. The highest BCUT2D eigenvalue weighted by atomic mass is 16.5. The topological polar surface area (TPSA) is 90.4 Å². The Labute approximate surface area is 212 Å². The first-order valence-corrected chi connectivity index (χ1v) is 12.6. The van der Waals surface area contributed by atoms with Gasteiger partial charge in [-0.2, -0.15) is 0 Å². The zero-order valence-electron chi connectivity index (χ0n) is 21.1. The molecule has 2 heterocycles. The van der Waals surface area contributed by atoms with Crippen LogP contribution in [0.5, 0.6) is 11.5 Å². The van der Waals surface area contributed by atoms with Crippen LogP contribution in [0.25, 0.3) is 0 Å². The Kier molecular flexibility index (Phi) is 8.25. The zero-order chi connectivity index (χ0) is 25.7. The van der Waals surface area contributed by atoms with Crippen LogP contribution in [0, 0.1) is 0 Å². The van der Waals surface area contributed by atoms with Crippen LogP contribution in [0.3, 0.4) is 0 Å². The Morgan fingerprint density at radius 1 is 0.944 bits per heavy atom. The fraction of sp³-hybridized carbons (Fsp3) is 0.464. The minimum Gasteiger partial charge on any atom is -0.508 e. The number of aromatic hydroxyl groups is 1. The number of phenolic OH excluding ortho intramolecular Hbond substituents is 1. The van der Waals surface area contributed by atoms with Gasteiger partial charge in [0.1, 0.15) is 11.5 Å². The van der Waals surface area contributed by atoms with Crippen LogP contribution in [0.1, 0.15) is 48.5 Å². The first kappa shape index (κ1) is 25.7. The third-order valence-electron chi connectivity index (χ3n) is 7.19. The van der Waals surface area contributed by atoms with Gasteiger partial charge in [0.15, 0.2) is 5.78 Å². The molecule has 0 bridgehead atoms. The first-order chi connectivity index (χ1) is 17.3. The molecule has 2 saturated heterocycles. The van der Waals surface area contributed by atoms with E-state index in [9.17, 15) is 19.5 Å². The highest BCUT2D eigenvalue weighted by Crippen LogP contribution is 2.24. The summed E-state index contributed by atoms with van der Waals surface area (Å²) in [5.74, 6) is 0.813. The summed E-state index contributed by atoms with van der Waals surface area (Å²) < 4.78 is 5.72. The molecule has 2 unspecified atom stereocenters. The molecule has 8 nitrogen and oxygen atoms in total. The Morgan fingerprint density at radius 2 is 1.58 bits per heavy atom. The summed E-state index contributed by atoms with van der Waals surface area (Å²) in [5.41, 5.74) is 1.53. The molecule has 2 aliphatic heterocycles. The van der Waals surface area contributed by atoms with E-state index in [4.69, 9.17) is 4.74 Å². The molecule has 2 fully saturated rings. The molecule has 2 aromatic rings. The number of Topliss-reactive ketones (excluding diaryl/α,β-unsaturated/α-hetero) is 1. The lowest BCUT2D eigenvalue weighted by Gasteiger charge is -2.47. The Hall–Kier alpha value is -3.39. The molecule has 2 amide bonds. The van der Waals surface area contributed by atoms with Crippen LogP contribution < -0.4 is 4.74 Å². The highest BCUT2D eigenvalue weighted by molar-refractivity contribution is 5.94. The zero-order valence-corrected chi connectivity index (χ0v) is 21.1. The number of carbonyl (C=O) groups excluding carboxylic acids is 3. The SMILES string of the molecule is CC(=O)c1ccc(OCCCC(=O)N2CCN3CCN(C(=O)C(C)c4ccc(O)cc4)CC3C2)cc1. The van der Waals surface area contributed by atoms with Gasteiger partial charge < -0.3 is 19.6 Å². The Balaban J connectivity index is 1.23. The lowest BCUT2D eigenvalue weighted by molar-refractivity contribution is -0.140. The molecule has 4 rings (SSSR count). The van der Waals surface area contributed by atoms with E-state index in [0.29, 0.717) is 56.9 Å². The van der Waals surface area contributed by atoms with Crippen molar-refractivity contribution in [1.29, 1.82) is 0 Å². The number of hydrogen-bond donors (Lipinski definition) is 1. The van der Waals surface area contributed by atoms with Gasteiger partial charge in [-0.3, -0.25) is 19.3 Å². The van der Waals surface area contributed by atoms with E-state index in [-0.39, 0.29) is 35.3 Å². The fourth-order valence-electron chi connectivity index (χ4n) is 4.92. The van der Waals surface area contributed by atoms with Crippen LogP contribution in [0.15, 0.2) is 48.5 Å². The van der Waals surface area contributed by atoms with Gasteiger partial charge in [0, 0.05) is 57.3 Å². The monoisotopic (exact) mass is 493 g/mol. The average Bonchev–Trinajstić information content (AvgIpc) is 2.90. The number of nitrogens with zero attached hydrogens (tertiary/aromatic N) is 3. The lowest BCUT2D eigenvalue weighted by atomic mass is 9.98. The summed E-state index contributed by atoms with van der Waals surface area (Å²) in [6.45, 7) is 8.15. The second kappa shape index (κ2) is 11.6. The normalized spacial score (nSPS) is 18.9. The summed E-state index contributed by atoms with van der Waals surface area (Å²) in [5, 5.41) is 9.52. The van der Waals surface area contributed by atoms with Crippen molar-refractivity contribution in [1.82, 2.24) is 14.7 Å². The summed E-state index contributed by atoms with van der Waals surface area (Å²) in [6, 6.07) is 14.0. The van der Waals surface area contributed by atoms with Gasteiger partial charge in [-0.1, -0.05) is 12.1 Å². The van der Waals surface area contributed by atoms with Crippen LogP contribution in [-0.2, 0) is 9.59 Å². The predicted molar refractivity (Wildman–Crippen MR) is 136 cm³/mol. The second-order valence-corrected chi connectivity index (χ2v) is 9.66. The number of amides is 2. The van der Waals surface area contributed by atoms with Crippen LogP contribution in [0.2, 0.25) is 0 Å². The number of carbonyl (C=O) groups is 3. The van der Waals surface area contributed by atoms with Gasteiger partial charge in [-0.05, 0) is 62.2 Å². The van der Waals surface area contributed by atoms with E-state index in [1.807, 2.05) is 16.7 Å². The minimum absolute atomic E-state index is 0.0181. The summed E-state index contributed by atoms with van der Waals surface area (Å²) >= 11 is 0. The van der Waals surface area contributed by atoms with Crippen molar-refractivity contribution < 1.29 is 24.2 Å². The van der Waals surface area contributed by atoms with Gasteiger partial charge in [0.2, 0.25) is 11.8 Å². The largest absolute Gasteiger partial charge is 0.508 e. The number of phenols is 1. The van der Waals surface area contributed by atoms with Crippen molar-refractivity contribution in [3.8, 4) is 11.5 Å². The van der Waals surface area contributed by atoms with Crippen molar-refractivity contribution in [2.75, 3.05) is 45.9 Å². The summed E-state index contributed by atoms with van der Waals surface area (Å²) in [4.78, 5) is 43.6. The number of piperazine rings is 2. The molecule has 0 aromatic heterocycles. The van der Waals surface area contributed by atoms with Gasteiger partial charge in [0.25, 0.3) is 0 Å². The van der Waals surface area contributed by atoms with E-state index in [2.05, 4.69) is 4.90 Å². The van der Waals surface area contributed by atoms with Crippen molar-refractivity contribution in [2.45, 2.75) is 38.6 Å². The quantitative estimate of drug-likeness (QED) is 0.449. The lowest BCUT2D eigenvalue weighted by Crippen LogP contribution is -2.63. The molecule has 2 aliphatic rings. The number of benzene rings is 2. The van der Waals surface area contributed by atoms with Gasteiger partial charge in [-0.25, -0.2) is 0 Å². The maximum atomic E-state index is 13.2. The van der Waals surface area contributed by atoms with Crippen LogP contribution >= 0.6 is 0 Å². The number of fused-ring (bicyclic) bond motifs is 1. The first-order valence-electron chi connectivity index (χ1n) is 12.6. The number of ether oxygens (including phenoxy) is 1. The summed E-state index contributed by atoms with van der Waals surface area (Å²) in [6.07, 6.45) is 1.03. The van der Waals surface area contributed by atoms with Crippen molar-refractivity contribution in [3.63, 3.8) is 0 Å².